The second-order valence-corrected chi connectivity index (χ2v) is 7.03. The Labute approximate surface area is 166 Å². The highest BCUT2D eigenvalue weighted by atomic mass is 35.5. The maximum Gasteiger partial charge on any atom is 0.338 e. The molecule has 3 aromatic rings. The summed E-state index contributed by atoms with van der Waals surface area (Å²) >= 11 is 13.1. The molecule has 1 N–H and O–H groups in total. The monoisotopic (exact) mass is 401 g/mol. The van der Waals surface area contributed by atoms with Crippen LogP contribution in [0.2, 0.25) is 10.0 Å². The van der Waals surface area contributed by atoms with E-state index < -0.39 is 12.0 Å². The topological polar surface area (TPSA) is 56.1 Å². The van der Waals surface area contributed by atoms with Crippen LogP contribution in [0, 0.1) is 0 Å². The summed E-state index contributed by atoms with van der Waals surface area (Å²) in [5, 5.41) is 4.18. The molecule has 0 fully saturated rings. The predicted octanol–water partition coefficient (Wildman–Crippen LogP) is 5.20. The lowest BCUT2D eigenvalue weighted by atomic mass is 9.95. The van der Waals surface area contributed by atoms with Crippen LogP contribution in [0.25, 0.3) is 11.0 Å². The number of carbonyl (C=O) groups excluding carboxylic acids is 1. The zero-order chi connectivity index (χ0) is 19.1. The number of hydrogen-bond donors (Lipinski definition) is 1. The lowest BCUT2D eigenvalue weighted by Gasteiger charge is -2.31. The van der Waals surface area contributed by atoms with E-state index in [9.17, 15) is 4.79 Å². The van der Waals surface area contributed by atoms with Gasteiger partial charge in [-0.2, -0.15) is 0 Å². The largest absolute Gasteiger partial charge is 0.463 e. The highest BCUT2D eigenvalue weighted by molar-refractivity contribution is 6.36. The van der Waals surface area contributed by atoms with E-state index in [1.807, 2.05) is 35.8 Å². The average molecular weight is 402 g/mol. The van der Waals surface area contributed by atoms with Crippen LogP contribution in [0.15, 0.2) is 53.7 Å². The molecule has 4 rings (SSSR count). The van der Waals surface area contributed by atoms with E-state index >= 15 is 0 Å². The molecule has 0 aliphatic carbocycles. The molecule has 2 aromatic carbocycles. The van der Waals surface area contributed by atoms with Gasteiger partial charge in [0.1, 0.15) is 0 Å². The molecule has 0 saturated carbocycles. The zero-order valence-electron chi connectivity index (χ0n) is 14.8. The number of imidazole rings is 1. The van der Waals surface area contributed by atoms with E-state index in [2.05, 4.69) is 10.3 Å². The first-order valence-electron chi connectivity index (χ1n) is 8.58. The molecule has 1 atom stereocenters. The van der Waals surface area contributed by atoms with Gasteiger partial charge in [0.2, 0.25) is 5.95 Å². The summed E-state index contributed by atoms with van der Waals surface area (Å²) in [6.07, 6.45) is 0. The first kappa shape index (κ1) is 17.9. The molecular formula is C20H17Cl2N3O2. The van der Waals surface area contributed by atoms with Gasteiger partial charge in [-0.1, -0.05) is 41.4 Å². The number of esters is 1. The van der Waals surface area contributed by atoms with E-state index in [4.69, 9.17) is 27.9 Å². The quantitative estimate of drug-likeness (QED) is 0.613. The molecule has 7 heteroatoms. The van der Waals surface area contributed by atoms with Crippen LogP contribution in [0.1, 0.15) is 25.5 Å². The van der Waals surface area contributed by atoms with Gasteiger partial charge in [0, 0.05) is 21.3 Å². The summed E-state index contributed by atoms with van der Waals surface area (Å²) in [4.78, 5) is 17.5. The summed E-state index contributed by atoms with van der Waals surface area (Å²) < 4.78 is 7.28. The van der Waals surface area contributed by atoms with Crippen molar-refractivity contribution in [2.45, 2.75) is 19.9 Å². The first-order chi connectivity index (χ1) is 13.0. The van der Waals surface area contributed by atoms with Crippen LogP contribution in [0.5, 0.6) is 0 Å². The molecule has 1 aliphatic rings. The summed E-state index contributed by atoms with van der Waals surface area (Å²) in [5.41, 5.74) is 3.45. The lowest BCUT2D eigenvalue weighted by molar-refractivity contribution is -0.139. The van der Waals surface area contributed by atoms with Crippen molar-refractivity contribution < 1.29 is 9.53 Å². The van der Waals surface area contributed by atoms with Gasteiger partial charge in [-0.05, 0) is 38.1 Å². The molecule has 1 aliphatic heterocycles. The Morgan fingerprint density at radius 1 is 1.19 bits per heavy atom. The van der Waals surface area contributed by atoms with Gasteiger partial charge >= 0.3 is 5.97 Å². The van der Waals surface area contributed by atoms with Crippen LogP contribution in [-0.2, 0) is 9.53 Å². The minimum Gasteiger partial charge on any atom is -0.463 e. The number of hydrogen-bond acceptors (Lipinski definition) is 4. The third-order valence-corrected chi connectivity index (χ3v) is 5.26. The van der Waals surface area contributed by atoms with Gasteiger partial charge < -0.3 is 10.1 Å². The number of allylic oxidation sites excluding steroid dienone is 1. The normalized spacial score (nSPS) is 16.2. The van der Waals surface area contributed by atoms with Crippen molar-refractivity contribution in [1.29, 1.82) is 0 Å². The van der Waals surface area contributed by atoms with Crippen molar-refractivity contribution in [3.63, 3.8) is 0 Å². The van der Waals surface area contributed by atoms with Crippen molar-refractivity contribution in [3.05, 3.63) is 69.3 Å². The number of nitrogens with one attached hydrogen (secondary N) is 1. The van der Waals surface area contributed by atoms with Gasteiger partial charge in [-0.25, -0.2) is 9.78 Å². The zero-order valence-corrected chi connectivity index (χ0v) is 16.3. The number of nitrogens with zero attached hydrogens (tertiary/aromatic N) is 2. The van der Waals surface area contributed by atoms with Crippen LogP contribution in [0.4, 0.5) is 5.95 Å². The number of halogens is 2. The third kappa shape index (κ3) is 2.87. The Hall–Kier alpha value is -2.50. The maximum absolute atomic E-state index is 12.8. The van der Waals surface area contributed by atoms with E-state index in [-0.39, 0.29) is 6.61 Å². The SMILES string of the molecule is CCOC(=O)C1=C(C)Nc2nc3ccccc3n2[C@@H]1c1c(Cl)cccc1Cl. The van der Waals surface area contributed by atoms with Crippen LogP contribution >= 0.6 is 23.2 Å². The molecule has 0 spiro atoms. The fourth-order valence-electron chi connectivity index (χ4n) is 3.48. The Kier molecular flexibility index (Phi) is 4.58. The average Bonchev–Trinajstić information content (AvgIpc) is 2.99. The Balaban J connectivity index is 2.05. The molecule has 0 amide bonds. The number of aromatic nitrogens is 2. The molecule has 1 aromatic heterocycles. The van der Waals surface area contributed by atoms with Gasteiger partial charge in [0.25, 0.3) is 0 Å². The molecule has 0 bridgehead atoms. The molecule has 0 saturated heterocycles. The minimum atomic E-state index is -0.547. The molecule has 5 nitrogen and oxygen atoms in total. The number of para-hydroxylation sites is 2. The number of anilines is 1. The number of carbonyl (C=O) groups is 1. The van der Waals surface area contributed by atoms with Gasteiger partial charge in [0.05, 0.1) is 29.3 Å². The summed E-state index contributed by atoms with van der Waals surface area (Å²) in [5.74, 6) is 0.217. The standard InChI is InChI=1S/C20H17Cl2N3O2/c1-3-27-19(26)16-11(2)23-20-24-14-9-4-5-10-15(14)25(20)18(16)17-12(21)7-6-8-13(17)22/h4-10,18H,3H2,1-2H3,(H,23,24)/t18-/m0/s1. The van der Waals surface area contributed by atoms with Crippen molar-refractivity contribution in [2.75, 3.05) is 11.9 Å². The summed E-state index contributed by atoms with van der Waals surface area (Å²) in [6.45, 7) is 3.88. The van der Waals surface area contributed by atoms with Crippen molar-refractivity contribution in [2.24, 2.45) is 0 Å². The van der Waals surface area contributed by atoms with E-state index in [1.54, 1.807) is 25.1 Å². The third-order valence-electron chi connectivity index (χ3n) is 4.60. The fraction of sp³-hybridized carbons (Fsp3) is 0.200. The van der Waals surface area contributed by atoms with Crippen LogP contribution in [-0.4, -0.2) is 22.1 Å². The van der Waals surface area contributed by atoms with Gasteiger partial charge in [-0.3, -0.25) is 4.57 Å². The number of benzene rings is 2. The van der Waals surface area contributed by atoms with E-state index in [0.717, 1.165) is 11.0 Å². The van der Waals surface area contributed by atoms with Crippen LogP contribution in [0.3, 0.4) is 0 Å². The number of rotatable bonds is 3. The number of ether oxygens (including phenoxy) is 1. The Morgan fingerprint density at radius 2 is 1.89 bits per heavy atom. The highest BCUT2D eigenvalue weighted by Gasteiger charge is 2.37. The van der Waals surface area contributed by atoms with Crippen LogP contribution < -0.4 is 5.32 Å². The van der Waals surface area contributed by atoms with Crippen molar-refractivity contribution in [3.8, 4) is 0 Å². The number of fused-ring (bicyclic) bond motifs is 3. The summed E-state index contributed by atoms with van der Waals surface area (Å²) in [7, 11) is 0. The van der Waals surface area contributed by atoms with Gasteiger partial charge in [0.15, 0.2) is 0 Å². The first-order valence-corrected chi connectivity index (χ1v) is 9.34. The molecule has 0 radical (unpaired) electrons. The highest BCUT2D eigenvalue weighted by Crippen LogP contribution is 2.44. The second-order valence-electron chi connectivity index (χ2n) is 6.22. The maximum atomic E-state index is 12.8. The Bertz CT molecular complexity index is 1070. The van der Waals surface area contributed by atoms with E-state index in [0.29, 0.717) is 32.8 Å². The van der Waals surface area contributed by atoms with E-state index in [1.165, 1.54) is 0 Å². The minimum absolute atomic E-state index is 0.274. The van der Waals surface area contributed by atoms with Crippen molar-refractivity contribution >= 4 is 46.2 Å². The fourth-order valence-corrected chi connectivity index (χ4v) is 4.09. The smallest absolute Gasteiger partial charge is 0.338 e. The van der Waals surface area contributed by atoms with Gasteiger partial charge in [-0.15, -0.1) is 0 Å². The second kappa shape index (κ2) is 6.91. The molecule has 0 unspecified atom stereocenters. The lowest BCUT2D eigenvalue weighted by Crippen LogP contribution is -2.29. The predicted molar refractivity (Wildman–Crippen MR) is 107 cm³/mol. The van der Waals surface area contributed by atoms with Crippen molar-refractivity contribution in [1.82, 2.24) is 9.55 Å². The molecule has 2 heterocycles. The molecule has 138 valence electrons. The Morgan fingerprint density at radius 3 is 2.59 bits per heavy atom. The molecular weight excluding hydrogens is 385 g/mol. The summed E-state index contributed by atoms with van der Waals surface area (Å²) in [6, 6.07) is 12.5. The molecule has 27 heavy (non-hydrogen) atoms.